The Morgan fingerprint density at radius 2 is 1.78 bits per heavy atom. The summed E-state index contributed by atoms with van der Waals surface area (Å²) in [5.74, 6) is -0.00742. The van der Waals surface area contributed by atoms with E-state index in [0.717, 1.165) is 16.7 Å². The van der Waals surface area contributed by atoms with Gasteiger partial charge in [-0.3, -0.25) is 4.79 Å². The maximum Gasteiger partial charge on any atom is 0.255 e. The molecule has 0 N–H and O–H groups in total. The lowest BCUT2D eigenvalue weighted by Crippen LogP contribution is -2.34. The van der Waals surface area contributed by atoms with Crippen molar-refractivity contribution < 1.29 is 9.53 Å². The van der Waals surface area contributed by atoms with E-state index in [1.807, 2.05) is 53.4 Å². The molecule has 0 bridgehead atoms. The summed E-state index contributed by atoms with van der Waals surface area (Å²) in [5.41, 5.74) is 2.99. The van der Waals surface area contributed by atoms with Gasteiger partial charge >= 0.3 is 0 Å². The molecular weight excluding hydrogens is 404 g/mol. The minimum Gasteiger partial charge on any atom is -0.383 e. The number of amides is 1. The van der Waals surface area contributed by atoms with E-state index in [-0.39, 0.29) is 5.91 Å². The summed E-state index contributed by atoms with van der Waals surface area (Å²) < 4.78 is 8.21. The fourth-order valence-electron chi connectivity index (χ4n) is 2.98. The molecule has 1 amide bonds. The number of hydrogen-bond donors (Lipinski definition) is 0. The fraction of sp³-hybridized carbons (Fsp3) is 0.227. The van der Waals surface area contributed by atoms with Crippen LogP contribution in [-0.4, -0.2) is 35.6 Å². The average molecular weight is 427 g/mol. The van der Waals surface area contributed by atoms with E-state index in [4.69, 9.17) is 4.74 Å². The van der Waals surface area contributed by atoms with E-state index in [9.17, 15) is 4.79 Å². The van der Waals surface area contributed by atoms with E-state index < -0.39 is 0 Å². The van der Waals surface area contributed by atoms with Gasteiger partial charge in [-0.25, -0.2) is 0 Å². The minimum absolute atomic E-state index is 0.00742. The molecule has 0 aliphatic rings. The van der Waals surface area contributed by atoms with Gasteiger partial charge in [0.25, 0.3) is 5.91 Å². The zero-order chi connectivity index (χ0) is 19.1. The molecule has 0 atom stereocenters. The maximum absolute atomic E-state index is 13.1. The van der Waals surface area contributed by atoms with Gasteiger partial charge in [-0.15, -0.1) is 0 Å². The predicted molar refractivity (Wildman–Crippen MR) is 111 cm³/mol. The highest BCUT2D eigenvalue weighted by Crippen LogP contribution is 2.19. The molecule has 0 radical (unpaired) electrons. The summed E-state index contributed by atoms with van der Waals surface area (Å²) in [6.07, 6.45) is 2.06. The molecule has 2 aromatic carbocycles. The van der Waals surface area contributed by atoms with Crippen molar-refractivity contribution in [2.24, 2.45) is 0 Å². The van der Waals surface area contributed by atoms with Crippen LogP contribution in [0.25, 0.3) is 0 Å². The van der Waals surface area contributed by atoms with Crippen molar-refractivity contribution in [1.29, 1.82) is 0 Å². The van der Waals surface area contributed by atoms with Crippen molar-refractivity contribution >= 4 is 21.8 Å². The smallest absolute Gasteiger partial charge is 0.255 e. The second kappa shape index (κ2) is 9.53. The van der Waals surface area contributed by atoms with Crippen LogP contribution < -0.4 is 0 Å². The van der Waals surface area contributed by atoms with Gasteiger partial charge in [-0.2, -0.15) is 0 Å². The van der Waals surface area contributed by atoms with Crippen LogP contribution in [0, 0.1) is 0 Å². The number of hydrogen-bond acceptors (Lipinski definition) is 2. The second-order valence-corrected chi connectivity index (χ2v) is 7.17. The molecule has 4 nitrogen and oxygen atoms in total. The largest absolute Gasteiger partial charge is 0.383 e. The van der Waals surface area contributed by atoms with E-state index in [0.29, 0.717) is 25.3 Å². The number of nitrogens with zero attached hydrogens (tertiary/aromatic N) is 2. The van der Waals surface area contributed by atoms with E-state index >= 15 is 0 Å². The number of carbonyl (C=O) groups excluding carboxylic acids is 1. The average Bonchev–Trinajstić information content (AvgIpc) is 3.12. The minimum atomic E-state index is -0.00742. The second-order valence-electron chi connectivity index (χ2n) is 6.31. The van der Waals surface area contributed by atoms with Crippen molar-refractivity contribution in [2.75, 3.05) is 20.3 Å². The Bertz CT molecular complexity index is 877. The molecule has 0 fully saturated rings. The third-order valence-electron chi connectivity index (χ3n) is 4.43. The van der Waals surface area contributed by atoms with Crippen LogP contribution in [0.15, 0.2) is 77.4 Å². The highest BCUT2D eigenvalue weighted by Gasteiger charge is 2.19. The summed E-state index contributed by atoms with van der Waals surface area (Å²) in [7, 11) is 1.65. The van der Waals surface area contributed by atoms with Crippen LogP contribution in [0.4, 0.5) is 0 Å². The molecule has 3 aromatic rings. The fourth-order valence-corrected chi connectivity index (χ4v) is 3.44. The lowest BCUT2D eigenvalue weighted by atomic mass is 10.2. The Balaban J connectivity index is 1.80. The van der Waals surface area contributed by atoms with Gasteiger partial charge in [0.15, 0.2) is 0 Å². The van der Waals surface area contributed by atoms with Gasteiger partial charge in [0.1, 0.15) is 0 Å². The Kier molecular flexibility index (Phi) is 6.85. The van der Waals surface area contributed by atoms with Crippen LogP contribution in [0.1, 0.15) is 21.6 Å². The van der Waals surface area contributed by atoms with Crippen LogP contribution >= 0.6 is 15.9 Å². The number of halogens is 1. The lowest BCUT2D eigenvalue weighted by molar-refractivity contribution is 0.0675. The molecule has 0 aliphatic carbocycles. The summed E-state index contributed by atoms with van der Waals surface area (Å²) in [5, 5.41) is 0. The van der Waals surface area contributed by atoms with Crippen LogP contribution in [-0.2, 0) is 17.8 Å². The zero-order valence-corrected chi connectivity index (χ0v) is 16.9. The van der Waals surface area contributed by atoms with Crippen molar-refractivity contribution in [1.82, 2.24) is 9.47 Å². The molecule has 3 rings (SSSR count). The SMILES string of the molecule is COCCN(Cc1cccn1Cc1ccccc1)C(=O)c1ccccc1Br. The van der Waals surface area contributed by atoms with Gasteiger partial charge < -0.3 is 14.2 Å². The molecule has 0 saturated heterocycles. The number of carbonyl (C=O) groups is 1. The molecule has 1 aromatic heterocycles. The van der Waals surface area contributed by atoms with Crippen LogP contribution in [0.2, 0.25) is 0 Å². The van der Waals surface area contributed by atoms with E-state index in [2.05, 4.69) is 44.9 Å². The topological polar surface area (TPSA) is 34.5 Å². The lowest BCUT2D eigenvalue weighted by Gasteiger charge is -2.24. The first-order valence-corrected chi connectivity index (χ1v) is 9.69. The number of benzene rings is 2. The molecule has 0 aliphatic heterocycles. The van der Waals surface area contributed by atoms with Gasteiger partial charge in [0.2, 0.25) is 0 Å². The highest BCUT2D eigenvalue weighted by atomic mass is 79.9. The first-order chi connectivity index (χ1) is 13.2. The zero-order valence-electron chi connectivity index (χ0n) is 15.3. The summed E-state index contributed by atoms with van der Waals surface area (Å²) in [4.78, 5) is 14.9. The first kappa shape index (κ1) is 19.4. The first-order valence-electron chi connectivity index (χ1n) is 8.89. The highest BCUT2D eigenvalue weighted by molar-refractivity contribution is 9.10. The normalized spacial score (nSPS) is 10.7. The van der Waals surface area contributed by atoms with Gasteiger partial charge in [-0.1, -0.05) is 42.5 Å². The molecule has 140 valence electrons. The van der Waals surface area contributed by atoms with Gasteiger partial charge in [0, 0.05) is 36.6 Å². The summed E-state index contributed by atoms with van der Waals surface area (Å²) >= 11 is 3.49. The van der Waals surface area contributed by atoms with E-state index in [1.165, 1.54) is 5.56 Å². The molecule has 5 heteroatoms. The molecule has 27 heavy (non-hydrogen) atoms. The van der Waals surface area contributed by atoms with Gasteiger partial charge in [0.05, 0.1) is 18.7 Å². The van der Waals surface area contributed by atoms with Crippen molar-refractivity contribution in [3.8, 4) is 0 Å². The summed E-state index contributed by atoms with van der Waals surface area (Å²) in [6, 6.07) is 21.9. The molecule has 1 heterocycles. The number of aromatic nitrogens is 1. The molecule has 0 unspecified atom stereocenters. The quantitative estimate of drug-likeness (QED) is 0.527. The Hall–Kier alpha value is -2.37. The number of methoxy groups -OCH3 is 1. The Morgan fingerprint density at radius 1 is 1.04 bits per heavy atom. The van der Waals surface area contributed by atoms with E-state index in [1.54, 1.807) is 7.11 Å². The molecule has 0 spiro atoms. The third kappa shape index (κ3) is 5.08. The maximum atomic E-state index is 13.1. The van der Waals surface area contributed by atoms with Crippen molar-refractivity contribution in [3.05, 3.63) is 94.2 Å². The van der Waals surface area contributed by atoms with Crippen molar-refractivity contribution in [2.45, 2.75) is 13.1 Å². The van der Waals surface area contributed by atoms with Crippen LogP contribution in [0.3, 0.4) is 0 Å². The molecule has 0 saturated carbocycles. The predicted octanol–water partition coefficient (Wildman–Crippen LogP) is 4.59. The van der Waals surface area contributed by atoms with Crippen molar-refractivity contribution in [3.63, 3.8) is 0 Å². The van der Waals surface area contributed by atoms with Crippen LogP contribution in [0.5, 0.6) is 0 Å². The third-order valence-corrected chi connectivity index (χ3v) is 5.12. The number of ether oxygens (including phenoxy) is 1. The molecular formula is C22H23BrN2O2. The van der Waals surface area contributed by atoms with Gasteiger partial charge in [-0.05, 0) is 45.8 Å². The monoisotopic (exact) mass is 426 g/mol. The number of rotatable bonds is 8. The Labute approximate surface area is 168 Å². The Morgan fingerprint density at radius 3 is 2.52 bits per heavy atom. The summed E-state index contributed by atoms with van der Waals surface area (Å²) in [6.45, 7) is 2.34. The standard InChI is InChI=1S/C22H23BrN2O2/c1-27-15-14-25(22(26)20-11-5-6-12-21(20)23)17-19-10-7-13-24(19)16-18-8-3-2-4-9-18/h2-13H,14-17H2,1H3.